The number of aromatic hydroxyl groups is 3. The number of hydrogen-bond acceptors (Lipinski definition) is 25. The molecular weight excluding hydrogens is 1770 g/mol. The van der Waals surface area contributed by atoms with E-state index >= 15 is 4.79 Å². The number of phenolic OH excluding ortho intramolecular Hbond substituents is 3. The van der Waals surface area contributed by atoms with Crippen molar-refractivity contribution in [3.8, 4) is 17.2 Å². The van der Waals surface area contributed by atoms with Crippen molar-refractivity contribution in [3.05, 3.63) is 144 Å². The van der Waals surface area contributed by atoms with Crippen molar-refractivity contribution in [2.24, 2.45) is 40.9 Å². The number of aliphatic carboxylic acids is 2. The first-order valence-electron chi connectivity index (χ1n) is 44.7. The number of nitrogens with two attached hydrogens (primary N) is 3. The second kappa shape index (κ2) is 54.7. The van der Waals surface area contributed by atoms with Crippen LogP contribution in [-0.2, 0) is 109 Å². The van der Waals surface area contributed by atoms with Crippen LogP contribution < -0.4 is 97.0 Å². The molecule has 0 aliphatic heterocycles. The summed E-state index contributed by atoms with van der Waals surface area (Å²) in [5.74, 6) is -20.8. The van der Waals surface area contributed by atoms with Crippen LogP contribution in [-0.4, -0.2) is 268 Å². The Kier molecular flexibility index (Phi) is 44.4. The minimum absolute atomic E-state index is 0.0000443. The average molecular weight is 1900 g/mol. The molecule has 0 unspecified atom stereocenters. The molecule has 14 amide bonds. The van der Waals surface area contributed by atoms with Gasteiger partial charge in [0, 0.05) is 61.2 Å². The van der Waals surface area contributed by atoms with Gasteiger partial charge in [0.15, 0.2) is 5.96 Å². The van der Waals surface area contributed by atoms with Crippen molar-refractivity contribution in [3.63, 3.8) is 0 Å². The molecule has 0 bridgehead atoms. The van der Waals surface area contributed by atoms with Gasteiger partial charge in [-0.05, 0) is 147 Å². The predicted molar refractivity (Wildman–Crippen MR) is 495 cm³/mol. The Morgan fingerprint density at radius 1 is 0.449 bits per heavy atom. The first-order chi connectivity index (χ1) is 64.4. The number of H-pyrrole nitrogens is 2. The molecule has 0 saturated carbocycles. The minimum atomic E-state index is -2.01. The van der Waals surface area contributed by atoms with E-state index in [4.69, 9.17) is 22.6 Å². The van der Waals surface area contributed by atoms with Crippen LogP contribution in [0.3, 0.4) is 0 Å². The summed E-state index contributed by atoms with van der Waals surface area (Å²) in [5, 5.41) is 119. The molecule has 2 heterocycles. The zero-order valence-electron chi connectivity index (χ0n) is 77.3. The SMILES string of the molecule is CC[C@H](C)[C@H](NC(=O)[C@H](Cc1c[nH]c2ccccc12)NC(=O)[C@H](CC(=O)O)NC(=O)[C@H](CC(C)C)NC(=O)[C@H](Cc1ccc(O)cc1)NC(=O)[C@H](CCCNC(=N)N)NC(=O)[C@H](CO)NC(=O)[C@@H](NC(=O)[C@H](CCCCN)NC(=O)[C@@H](NC(=O)[C@H](Cc1ccc(O)cc1)NC(=O)[C@@H](NC(=O)CNC(=O)[C@@H](N)Cc1ccc(O)cc1)C(C)C)[C@@H](C)O)C(C)C)C(=O)N[C@@H](Cc1cnc[nH]1)C(=O)O. The summed E-state index contributed by atoms with van der Waals surface area (Å²) >= 11 is 0. The van der Waals surface area contributed by atoms with Crippen LogP contribution in [0, 0.1) is 29.1 Å². The van der Waals surface area contributed by atoms with Gasteiger partial charge in [-0.15, -0.1) is 0 Å². The number of carbonyl (C=O) groups excluding carboxylic acids is 14. The van der Waals surface area contributed by atoms with Gasteiger partial charge in [-0.2, -0.15) is 0 Å². The third-order valence-electron chi connectivity index (χ3n) is 22.2. The van der Waals surface area contributed by atoms with Crippen molar-refractivity contribution < 1.29 is 112 Å². The molecule has 0 aliphatic carbocycles. The monoisotopic (exact) mass is 1900 g/mol. The largest absolute Gasteiger partial charge is 0.508 e. The molecule has 45 heteroatoms. The summed E-state index contributed by atoms with van der Waals surface area (Å²) in [7, 11) is 0. The zero-order valence-corrected chi connectivity index (χ0v) is 77.3. The average Bonchev–Trinajstić information content (AvgIpc) is 1.61. The molecule has 0 spiro atoms. The normalized spacial score (nSPS) is 14.8. The molecule has 2 aromatic heterocycles. The number of phenols is 3. The molecule has 45 nitrogen and oxygen atoms in total. The number of nitrogens with zero attached hydrogens (tertiary/aromatic N) is 1. The highest BCUT2D eigenvalue weighted by atomic mass is 16.4. The molecule has 0 saturated heterocycles. The summed E-state index contributed by atoms with van der Waals surface area (Å²) < 4.78 is 0. The van der Waals surface area contributed by atoms with E-state index in [2.05, 4.69) is 94.7 Å². The smallest absolute Gasteiger partial charge is 0.326 e. The third kappa shape index (κ3) is 36.2. The number of benzene rings is 4. The number of aromatic nitrogens is 3. The van der Waals surface area contributed by atoms with Crippen LogP contribution in [0.2, 0.25) is 0 Å². The molecular formula is C91H130N22O23. The van der Waals surface area contributed by atoms with Crippen molar-refractivity contribution in [2.75, 3.05) is 26.2 Å². The second-order valence-electron chi connectivity index (χ2n) is 34.5. The lowest BCUT2D eigenvalue weighted by Gasteiger charge is -2.30. The number of aliphatic hydroxyl groups excluding tert-OH is 2. The van der Waals surface area contributed by atoms with Crippen molar-refractivity contribution in [2.45, 2.75) is 236 Å². The Morgan fingerprint density at radius 2 is 0.875 bits per heavy atom. The highest BCUT2D eigenvalue weighted by Gasteiger charge is 2.41. The molecule has 742 valence electrons. The third-order valence-corrected chi connectivity index (χ3v) is 22.2. The van der Waals surface area contributed by atoms with Gasteiger partial charge in [-0.25, -0.2) is 9.78 Å². The van der Waals surface area contributed by atoms with Gasteiger partial charge in [-0.3, -0.25) is 77.3 Å². The van der Waals surface area contributed by atoms with Gasteiger partial charge in [0.1, 0.15) is 95.8 Å². The van der Waals surface area contributed by atoms with Crippen molar-refractivity contribution >= 4 is 112 Å². The molecule has 0 radical (unpaired) electrons. The number of aromatic amines is 2. The Morgan fingerprint density at radius 3 is 1.38 bits per heavy atom. The number of para-hydroxylation sites is 1. The molecule has 0 aliphatic rings. The van der Waals surface area contributed by atoms with Gasteiger partial charge in [0.05, 0.1) is 38.0 Å². The fraction of sp³-hybridized carbons (Fsp3) is 0.495. The number of amides is 14. The fourth-order valence-electron chi connectivity index (χ4n) is 14.4. The van der Waals surface area contributed by atoms with E-state index in [0.29, 0.717) is 45.3 Å². The number of aliphatic hydroxyl groups is 2. The summed E-state index contributed by atoms with van der Waals surface area (Å²) in [5.41, 5.74) is 20.2. The molecule has 0 fully saturated rings. The summed E-state index contributed by atoms with van der Waals surface area (Å²) in [6.45, 7) is 12.2. The number of carboxylic acid groups (broad SMARTS) is 2. The minimum Gasteiger partial charge on any atom is -0.508 e. The molecule has 31 N–H and O–H groups in total. The van der Waals surface area contributed by atoms with Crippen LogP contribution >= 0.6 is 0 Å². The van der Waals surface area contributed by atoms with Crippen LogP contribution in [0.15, 0.2) is 116 Å². The van der Waals surface area contributed by atoms with Gasteiger partial charge in [0.2, 0.25) is 82.7 Å². The lowest BCUT2D eigenvalue weighted by Crippen LogP contribution is -2.63. The summed E-state index contributed by atoms with van der Waals surface area (Å²) in [4.78, 5) is 237. The van der Waals surface area contributed by atoms with E-state index in [1.807, 2.05) is 0 Å². The fourth-order valence-corrected chi connectivity index (χ4v) is 14.4. The van der Waals surface area contributed by atoms with E-state index < -0.39 is 241 Å². The molecule has 136 heavy (non-hydrogen) atoms. The first kappa shape index (κ1) is 110. The van der Waals surface area contributed by atoms with E-state index in [1.165, 1.54) is 87.0 Å². The Bertz CT molecular complexity index is 5040. The highest BCUT2D eigenvalue weighted by molar-refractivity contribution is 6.01. The van der Waals surface area contributed by atoms with E-state index in [9.17, 15) is 108 Å². The molecule has 6 aromatic rings. The Hall–Kier alpha value is -14.3. The molecule has 6 rings (SSSR count). The van der Waals surface area contributed by atoms with E-state index in [-0.39, 0.29) is 94.5 Å². The van der Waals surface area contributed by atoms with E-state index in [1.54, 1.807) is 84.1 Å². The number of hydrogen-bond donors (Lipinski definition) is 28. The maximum absolute atomic E-state index is 15.0. The van der Waals surface area contributed by atoms with Gasteiger partial charge in [-0.1, -0.05) is 116 Å². The van der Waals surface area contributed by atoms with Crippen LogP contribution in [0.1, 0.15) is 142 Å². The quantitative estimate of drug-likeness (QED) is 0.0103. The standard InChI is InChI=1S/C91H130N22O23/c1-10-49(8)75(88(133)108-69(90(135)136)39-55-42-96-45-100-55)112-84(129)67(38-54-41-98-61-17-12-11-16-59(54)61)105-82(127)68(40-72(120)121)106-80(125)64(34-46(2)3)103-81(126)65(36-52-22-28-57(117)29-23-52)104-78(123)63(19-15-33-97-91(94)95)101-85(130)70(44-114)109-87(132)74(48(6)7)111-79(124)62(18-13-14-32-92)102-89(134)76(50(9)115)113-83(128)66(37-53-24-30-58(118)31-25-53)107-86(131)73(47(4)5)110-71(119)43-99-77(122)60(93)35-51-20-26-56(116)27-21-51/h11-12,16-17,20-31,41-42,45-50,60,62-70,73-76,98,114-118H,10,13-15,18-19,32-40,43-44,92-93H2,1-9H3,(H,96,100)(H,99,122)(H,101,130)(H,102,134)(H,103,126)(H,104,123)(H,105,127)(H,106,125)(H,107,131)(H,108,133)(H,109,132)(H,110,119)(H,111,124)(H,112,129)(H,113,128)(H,120,121)(H,135,136)(H4,94,95,97)/t49-,50+,60-,62-,63-,64-,65-,66-,67-,68-,69-,70-,73-,74-,75-,76-/m0/s1. The maximum Gasteiger partial charge on any atom is 0.326 e. The topological polar surface area (TPSA) is 742 Å². The molecule has 4 aromatic carbocycles. The summed E-state index contributed by atoms with van der Waals surface area (Å²) in [6.07, 6.45) is 0.199. The van der Waals surface area contributed by atoms with Gasteiger partial charge in [0.25, 0.3) is 0 Å². The first-order valence-corrected chi connectivity index (χ1v) is 44.7. The predicted octanol–water partition coefficient (Wildman–Crippen LogP) is -3.00. The van der Waals surface area contributed by atoms with Gasteiger partial charge >= 0.3 is 11.9 Å². The number of rotatable bonds is 57. The lowest BCUT2D eigenvalue weighted by molar-refractivity contribution is -0.142. The second-order valence-corrected chi connectivity index (χ2v) is 34.5. The van der Waals surface area contributed by atoms with Crippen LogP contribution in [0.25, 0.3) is 10.9 Å². The van der Waals surface area contributed by atoms with E-state index in [0.717, 1.165) is 6.92 Å². The molecule has 16 atom stereocenters. The zero-order chi connectivity index (χ0) is 101. The summed E-state index contributed by atoms with van der Waals surface area (Å²) in [6, 6.07) is 1.07. The maximum atomic E-state index is 15.0. The highest BCUT2D eigenvalue weighted by Crippen LogP contribution is 2.23. The number of imidazole rings is 1. The Balaban J connectivity index is 1.20. The number of unbranched alkanes of at least 4 members (excludes halogenated alkanes) is 1. The van der Waals surface area contributed by atoms with Crippen LogP contribution in [0.5, 0.6) is 17.2 Å². The van der Waals surface area contributed by atoms with Gasteiger partial charge < -0.3 is 143 Å². The number of fused-ring (bicyclic) bond motifs is 1. The van der Waals surface area contributed by atoms with Crippen molar-refractivity contribution in [1.29, 1.82) is 5.41 Å². The lowest BCUT2D eigenvalue weighted by atomic mass is 9.96. The van der Waals surface area contributed by atoms with Crippen molar-refractivity contribution in [1.82, 2.24) is 94.7 Å². The number of carbonyl (C=O) groups is 16. The Labute approximate surface area is 785 Å². The van der Waals surface area contributed by atoms with Crippen LogP contribution in [0.4, 0.5) is 0 Å². The number of carboxylic acids is 2. The number of guanidine groups is 1. The number of nitrogens with one attached hydrogen (secondary N) is 18.